The molecular weight excluding hydrogens is 272 g/mol. The average molecular weight is 290 g/mol. The molecule has 3 nitrogen and oxygen atoms in total. The molecule has 0 spiro atoms. The number of nitriles is 1. The lowest BCUT2D eigenvalue weighted by Gasteiger charge is -2.23. The Balaban J connectivity index is 1.75. The molecule has 0 aliphatic rings. The number of furan rings is 1. The Morgan fingerprint density at radius 2 is 1.86 bits per heavy atom. The average Bonchev–Trinajstić information content (AvgIpc) is 2.98. The molecule has 0 aliphatic carbocycles. The van der Waals surface area contributed by atoms with Gasteiger partial charge in [-0.05, 0) is 43.8 Å². The fraction of sp³-hybridized carbons (Fsp3) is 0.211. The maximum atomic E-state index is 8.84. The normalized spacial score (nSPS) is 12.5. The van der Waals surface area contributed by atoms with E-state index in [4.69, 9.17) is 9.68 Å². The van der Waals surface area contributed by atoms with Crippen LogP contribution in [-0.2, 0) is 6.54 Å². The van der Waals surface area contributed by atoms with Crippen molar-refractivity contribution in [1.29, 1.82) is 5.26 Å². The fourth-order valence-corrected chi connectivity index (χ4v) is 2.54. The smallest absolute Gasteiger partial charge is 0.134 e. The first-order valence-electron chi connectivity index (χ1n) is 7.35. The van der Waals surface area contributed by atoms with Crippen molar-refractivity contribution in [3.05, 3.63) is 71.5 Å². The molecular formula is C19H18N2O. The van der Waals surface area contributed by atoms with Crippen molar-refractivity contribution < 1.29 is 4.42 Å². The first-order chi connectivity index (χ1) is 10.7. The van der Waals surface area contributed by atoms with Crippen LogP contribution in [0.4, 0.5) is 0 Å². The van der Waals surface area contributed by atoms with Crippen LogP contribution >= 0.6 is 0 Å². The molecule has 3 aromatic rings. The molecule has 0 saturated heterocycles. The zero-order valence-electron chi connectivity index (χ0n) is 12.8. The van der Waals surface area contributed by atoms with Crippen LogP contribution in [0.5, 0.6) is 0 Å². The van der Waals surface area contributed by atoms with Crippen molar-refractivity contribution in [2.24, 2.45) is 0 Å². The lowest BCUT2D eigenvalue weighted by atomic mass is 10.1. The minimum absolute atomic E-state index is 0.183. The maximum absolute atomic E-state index is 8.84. The van der Waals surface area contributed by atoms with E-state index in [1.807, 2.05) is 42.5 Å². The van der Waals surface area contributed by atoms with Crippen LogP contribution in [0.2, 0.25) is 0 Å². The minimum atomic E-state index is 0.183. The van der Waals surface area contributed by atoms with E-state index in [1.54, 1.807) is 0 Å². The van der Waals surface area contributed by atoms with Crippen LogP contribution in [0.1, 0.15) is 29.9 Å². The summed E-state index contributed by atoms with van der Waals surface area (Å²) in [4.78, 5) is 2.24. The summed E-state index contributed by atoms with van der Waals surface area (Å²) in [5.41, 5.74) is 2.80. The maximum Gasteiger partial charge on any atom is 0.134 e. The number of hydrogen-bond donors (Lipinski definition) is 0. The number of hydrogen-bond acceptors (Lipinski definition) is 3. The van der Waals surface area contributed by atoms with Gasteiger partial charge in [0, 0.05) is 11.9 Å². The van der Waals surface area contributed by atoms with E-state index >= 15 is 0 Å². The van der Waals surface area contributed by atoms with E-state index in [1.165, 1.54) is 5.56 Å². The summed E-state index contributed by atoms with van der Waals surface area (Å²) >= 11 is 0. The van der Waals surface area contributed by atoms with Crippen molar-refractivity contribution >= 4 is 11.0 Å². The van der Waals surface area contributed by atoms with Crippen molar-refractivity contribution in [2.75, 3.05) is 7.05 Å². The van der Waals surface area contributed by atoms with Crippen LogP contribution in [0, 0.1) is 11.3 Å². The molecule has 0 amide bonds. The predicted molar refractivity (Wildman–Crippen MR) is 87.3 cm³/mol. The van der Waals surface area contributed by atoms with Crippen molar-refractivity contribution in [3.8, 4) is 6.07 Å². The Bertz CT molecular complexity index is 778. The summed E-state index contributed by atoms with van der Waals surface area (Å²) < 4.78 is 5.94. The number of fused-ring (bicyclic) bond motifs is 1. The van der Waals surface area contributed by atoms with Gasteiger partial charge in [-0.2, -0.15) is 5.26 Å². The van der Waals surface area contributed by atoms with E-state index in [0.717, 1.165) is 23.3 Å². The summed E-state index contributed by atoms with van der Waals surface area (Å²) in [5, 5.41) is 9.98. The lowest BCUT2D eigenvalue weighted by molar-refractivity contribution is 0.226. The monoisotopic (exact) mass is 290 g/mol. The van der Waals surface area contributed by atoms with Crippen molar-refractivity contribution in [2.45, 2.75) is 19.5 Å². The third-order valence-electron chi connectivity index (χ3n) is 4.03. The molecule has 1 atom stereocenters. The topological polar surface area (TPSA) is 40.2 Å². The van der Waals surface area contributed by atoms with Crippen LogP contribution in [0.15, 0.2) is 59.0 Å². The molecule has 0 unspecified atom stereocenters. The molecule has 1 aromatic heterocycles. The molecule has 0 N–H and O–H groups in total. The summed E-state index contributed by atoms with van der Waals surface area (Å²) in [6, 6.07) is 20.2. The summed E-state index contributed by atoms with van der Waals surface area (Å²) in [7, 11) is 2.08. The van der Waals surface area contributed by atoms with Crippen LogP contribution in [0.3, 0.4) is 0 Å². The second kappa shape index (κ2) is 6.05. The summed E-state index contributed by atoms with van der Waals surface area (Å²) in [6.07, 6.45) is 0. The number of rotatable bonds is 4. The molecule has 0 aliphatic heterocycles. The highest BCUT2D eigenvalue weighted by molar-refractivity contribution is 5.77. The van der Waals surface area contributed by atoms with Gasteiger partial charge in [-0.3, -0.25) is 4.90 Å². The first-order valence-corrected chi connectivity index (χ1v) is 7.35. The SMILES string of the molecule is C[C@@H](c1cc2ccccc2o1)N(C)Cc1ccc(C#N)cc1. The third-order valence-corrected chi connectivity index (χ3v) is 4.03. The Morgan fingerprint density at radius 1 is 1.14 bits per heavy atom. The summed E-state index contributed by atoms with van der Waals surface area (Å²) in [6.45, 7) is 2.95. The highest BCUT2D eigenvalue weighted by Crippen LogP contribution is 2.27. The molecule has 22 heavy (non-hydrogen) atoms. The number of benzene rings is 2. The van der Waals surface area contributed by atoms with Gasteiger partial charge < -0.3 is 4.42 Å². The van der Waals surface area contributed by atoms with Gasteiger partial charge in [-0.1, -0.05) is 30.3 Å². The molecule has 110 valence electrons. The van der Waals surface area contributed by atoms with E-state index in [0.29, 0.717) is 5.56 Å². The van der Waals surface area contributed by atoms with Crippen molar-refractivity contribution in [3.63, 3.8) is 0 Å². The van der Waals surface area contributed by atoms with E-state index in [2.05, 4.69) is 37.1 Å². The molecule has 3 heteroatoms. The second-order valence-electron chi connectivity index (χ2n) is 5.59. The van der Waals surface area contributed by atoms with Gasteiger partial charge in [-0.25, -0.2) is 0 Å². The Morgan fingerprint density at radius 3 is 2.55 bits per heavy atom. The predicted octanol–water partition coefficient (Wildman–Crippen LogP) is 4.50. The quantitative estimate of drug-likeness (QED) is 0.710. The highest BCUT2D eigenvalue weighted by atomic mass is 16.3. The second-order valence-corrected chi connectivity index (χ2v) is 5.59. The summed E-state index contributed by atoms with van der Waals surface area (Å²) in [5.74, 6) is 0.970. The van der Waals surface area contributed by atoms with Gasteiger partial charge in [0.15, 0.2) is 0 Å². The lowest BCUT2D eigenvalue weighted by Crippen LogP contribution is -2.21. The van der Waals surface area contributed by atoms with Gasteiger partial charge in [0.25, 0.3) is 0 Å². The Kier molecular flexibility index (Phi) is 3.95. The van der Waals surface area contributed by atoms with Crippen LogP contribution in [0.25, 0.3) is 11.0 Å². The van der Waals surface area contributed by atoms with Crippen LogP contribution in [-0.4, -0.2) is 11.9 Å². The van der Waals surface area contributed by atoms with Gasteiger partial charge in [0.05, 0.1) is 17.7 Å². The fourth-order valence-electron chi connectivity index (χ4n) is 2.54. The zero-order valence-corrected chi connectivity index (χ0v) is 12.8. The van der Waals surface area contributed by atoms with E-state index in [9.17, 15) is 0 Å². The van der Waals surface area contributed by atoms with Crippen molar-refractivity contribution in [1.82, 2.24) is 4.90 Å². The highest BCUT2D eigenvalue weighted by Gasteiger charge is 2.16. The van der Waals surface area contributed by atoms with Gasteiger partial charge in [0.2, 0.25) is 0 Å². The molecule has 1 heterocycles. The van der Waals surface area contributed by atoms with Gasteiger partial charge in [-0.15, -0.1) is 0 Å². The molecule has 0 saturated carbocycles. The number of nitrogens with zero attached hydrogens (tertiary/aromatic N) is 2. The van der Waals surface area contributed by atoms with Gasteiger partial charge in [0.1, 0.15) is 11.3 Å². The number of para-hydroxylation sites is 1. The Labute approximate surface area is 130 Å². The van der Waals surface area contributed by atoms with Crippen LogP contribution < -0.4 is 0 Å². The third kappa shape index (κ3) is 2.88. The van der Waals surface area contributed by atoms with Gasteiger partial charge >= 0.3 is 0 Å². The minimum Gasteiger partial charge on any atom is -0.459 e. The largest absolute Gasteiger partial charge is 0.459 e. The molecule has 2 aromatic carbocycles. The molecule has 3 rings (SSSR count). The molecule has 0 fully saturated rings. The van der Waals surface area contributed by atoms with E-state index < -0.39 is 0 Å². The molecule has 0 radical (unpaired) electrons. The Hall–Kier alpha value is -2.57. The van der Waals surface area contributed by atoms with E-state index in [-0.39, 0.29) is 6.04 Å². The molecule has 0 bridgehead atoms. The standard InChI is InChI=1S/C19H18N2O/c1-14(19-11-17-5-3-4-6-18(17)22-19)21(2)13-16-9-7-15(12-20)8-10-16/h3-11,14H,13H2,1-2H3/t14-/m0/s1. The first kappa shape index (κ1) is 14.4. The zero-order chi connectivity index (χ0) is 15.5.